The van der Waals surface area contributed by atoms with E-state index in [-0.39, 0.29) is 0 Å². The van der Waals surface area contributed by atoms with Crippen LogP contribution in [0.15, 0.2) is 28.9 Å². The molecule has 0 amide bonds. The Balaban J connectivity index is 1.73. The molecule has 2 aromatic rings. The van der Waals surface area contributed by atoms with Gasteiger partial charge in [0.05, 0.1) is 10.2 Å². The van der Waals surface area contributed by atoms with Gasteiger partial charge in [0.15, 0.2) is 5.11 Å². The molecule has 0 saturated heterocycles. The van der Waals surface area contributed by atoms with E-state index in [0.29, 0.717) is 5.11 Å². The molecular weight excluding hydrogens is 360 g/mol. The first-order chi connectivity index (χ1) is 10.5. The van der Waals surface area contributed by atoms with Crippen molar-refractivity contribution in [3.63, 3.8) is 0 Å². The minimum atomic E-state index is 0.657. The van der Waals surface area contributed by atoms with Crippen molar-refractivity contribution in [2.45, 2.75) is 33.7 Å². The summed E-state index contributed by atoms with van der Waals surface area (Å²) in [6, 6.07) is 6.28. The van der Waals surface area contributed by atoms with Gasteiger partial charge in [-0.15, -0.1) is 0 Å². The number of aromatic nitrogens is 2. The molecule has 0 atom stereocenters. The number of thiocarbonyl (C=S) groups is 1. The molecular formula is C16H21BrN4S. The summed E-state index contributed by atoms with van der Waals surface area (Å²) in [6.45, 7) is 7.83. The summed E-state index contributed by atoms with van der Waals surface area (Å²) in [5.74, 6) is 0. The Morgan fingerprint density at radius 2 is 2.09 bits per heavy atom. The highest BCUT2D eigenvalue weighted by molar-refractivity contribution is 9.10. The van der Waals surface area contributed by atoms with Crippen molar-refractivity contribution < 1.29 is 0 Å². The van der Waals surface area contributed by atoms with Gasteiger partial charge in [-0.2, -0.15) is 5.10 Å². The van der Waals surface area contributed by atoms with E-state index in [0.717, 1.165) is 35.4 Å². The number of halogens is 1. The smallest absolute Gasteiger partial charge is 0.170 e. The van der Waals surface area contributed by atoms with Crippen LogP contribution in [0.3, 0.4) is 0 Å². The zero-order valence-electron chi connectivity index (χ0n) is 13.1. The molecule has 2 rings (SSSR count). The normalized spacial score (nSPS) is 10.5. The number of benzene rings is 1. The van der Waals surface area contributed by atoms with Crippen LogP contribution in [0.1, 0.15) is 23.2 Å². The topological polar surface area (TPSA) is 41.9 Å². The maximum absolute atomic E-state index is 5.33. The van der Waals surface area contributed by atoms with Gasteiger partial charge in [-0.1, -0.05) is 17.7 Å². The van der Waals surface area contributed by atoms with E-state index in [9.17, 15) is 0 Å². The molecule has 22 heavy (non-hydrogen) atoms. The van der Waals surface area contributed by atoms with Gasteiger partial charge < -0.3 is 10.6 Å². The van der Waals surface area contributed by atoms with Crippen molar-refractivity contribution in [3.8, 4) is 0 Å². The quantitative estimate of drug-likeness (QED) is 0.608. The van der Waals surface area contributed by atoms with Crippen LogP contribution in [0.25, 0.3) is 0 Å². The molecule has 0 saturated carbocycles. The fourth-order valence-electron chi connectivity index (χ4n) is 2.17. The second-order valence-corrected chi connectivity index (χ2v) is 6.64. The number of hydrogen-bond acceptors (Lipinski definition) is 2. The SMILES string of the molecule is Cc1ccc(NC(=S)NCCCn2cc(Br)c(C)n2)c(C)c1. The van der Waals surface area contributed by atoms with Crippen molar-refractivity contribution in [2.75, 3.05) is 11.9 Å². The molecule has 0 aliphatic carbocycles. The third kappa shape index (κ3) is 4.81. The van der Waals surface area contributed by atoms with Crippen LogP contribution in [0.5, 0.6) is 0 Å². The van der Waals surface area contributed by atoms with Crippen LogP contribution >= 0.6 is 28.1 Å². The second-order valence-electron chi connectivity index (χ2n) is 5.38. The summed E-state index contributed by atoms with van der Waals surface area (Å²) >= 11 is 8.80. The lowest BCUT2D eigenvalue weighted by molar-refractivity contribution is 0.570. The number of nitrogens with one attached hydrogen (secondary N) is 2. The molecule has 0 fully saturated rings. The molecule has 4 nitrogen and oxygen atoms in total. The summed E-state index contributed by atoms with van der Waals surface area (Å²) in [4.78, 5) is 0. The van der Waals surface area contributed by atoms with Gasteiger partial charge >= 0.3 is 0 Å². The van der Waals surface area contributed by atoms with E-state index in [1.807, 2.05) is 17.8 Å². The fraction of sp³-hybridized carbons (Fsp3) is 0.375. The first kappa shape index (κ1) is 17.0. The van der Waals surface area contributed by atoms with Gasteiger partial charge in [0.25, 0.3) is 0 Å². The fourth-order valence-corrected chi connectivity index (χ4v) is 2.70. The zero-order valence-corrected chi connectivity index (χ0v) is 15.5. The third-order valence-electron chi connectivity index (χ3n) is 3.37. The van der Waals surface area contributed by atoms with Crippen molar-refractivity contribution in [1.82, 2.24) is 15.1 Å². The first-order valence-corrected chi connectivity index (χ1v) is 8.47. The van der Waals surface area contributed by atoms with Gasteiger partial charge in [0.1, 0.15) is 0 Å². The maximum atomic E-state index is 5.33. The highest BCUT2D eigenvalue weighted by Crippen LogP contribution is 2.16. The van der Waals surface area contributed by atoms with Crippen molar-refractivity contribution in [2.24, 2.45) is 0 Å². The number of aryl methyl sites for hydroxylation is 4. The maximum Gasteiger partial charge on any atom is 0.170 e. The van der Waals surface area contributed by atoms with E-state index in [2.05, 4.69) is 63.7 Å². The number of hydrogen-bond donors (Lipinski definition) is 2. The Morgan fingerprint density at radius 3 is 2.73 bits per heavy atom. The Kier molecular flexibility index (Phi) is 5.97. The largest absolute Gasteiger partial charge is 0.362 e. The molecule has 2 N–H and O–H groups in total. The molecule has 1 heterocycles. The van der Waals surface area contributed by atoms with E-state index in [1.54, 1.807) is 0 Å². The van der Waals surface area contributed by atoms with Gasteiger partial charge in [0, 0.05) is 25.0 Å². The molecule has 118 valence electrons. The summed E-state index contributed by atoms with van der Waals surface area (Å²) in [5, 5.41) is 11.5. The Bertz CT molecular complexity index is 647. The summed E-state index contributed by atoms with van der Waals surface area (Å²) in [7, 11) is 0. The van der Waals surface area contributed by atoms with Crippen LogP contribution < -0.4 is 10.6 Å². The van der Waals surface area contributed by atoms with Crippen molar-refractivity contribution in [1.29, 1.82) is 0 Å². The Morgan fingerprint density at radius 1 is 1.32 bits per heavy atom. The average molecular weight is 381 g/mol. The minimum absolute atomic E-state index is 0.657. The lowest BCUT2D eigenvalue weighted by atomic mass is 10.1. The molecule has 6 heteroatoms. The van der Waals surface area contributed by atoms with Crippen LogP contribution in [0, 0.1) is 20.8 Å². The van der Waals surface area contributed by atoms with Crippen LogP contribution in [-0.4, -0.2) is 21.4 Å². The van der Waals surface area contributed by atoms with E-state index < -0.39 is 0 Å². The second kappa shape index (κ2) is 7.74. The van der Waals surface area contributed by atoms with Crippen molar-refractivity contribution in [3.05, 3.63) is 45.7 Å². The molecule has 1 aromatic heterocycles. The molecule has 0 radical (unpaired) electrons. The molecule has 0 aliphatic rings. The zero-order chi connectivity index (χ0) is 16.1. The lowest BCUT2D eigenvalue weighted by Crippen LogP contribution is -2.30. The van der Waals surface area contributed by atoms with E-state index in [4.69, 9.17) is 12.2 Å². The van der Waals surface area contributed by atoms with E-state index >= 15 is 0 Å². The monoisotopic (exact) mass is 380 g/mol. The van der Waals surface area contributed by atoms with Crippen LogP contribution in [0.2, 0.25) is 0 Å². The van der Waals surface area contributed by atoms with Crippen LogP contribution in [0.4, 0.5) is 5.69 Å². The van der Waals surface area contributed by atoms with Crippen molar-refractivity contribution >= 4 is 38.9 Å². The predicted molar refractivity (Wildman–Crippen MR) is 99.4 cm³/mol. The number of rotatable bonds is 5. The number of anilines is 1. The van der Waals surface area contributed by atoms with E-state index in [1.165, 1.54) is 11.1 Å². The highest BCUT2D eigenvalue weighted by atomic mass is 79.9. The van der Waals surface area contributed by atoms with Gasteiger partial charge in [0.2, 0.25) is 0 Å². The molecule has 0 bridgehead atoms. The Labute approximate surface area is 145 Å². The standard InChI is InChI=1S/C16H21BrN4S/c1-11-5-6-15(12(2)9-11)19-16(22)18-7-4-8-21-10-14(17)13(3)20-21/h5-6,9-10H,4,7-8H2,1-3H3,(H2,18,19,22). The molecule has 0 spiro atoms. The molecule has 0 unspecified atom stereocenters. The number of nitrogens with zero attached hydrogens (tertiary/aromatic N) is 2. The third-order valence-corrected chi connectivity index (χ3v) is 4.39. The summed E-state index contributed by atoms with van der Waals surface area (Å²) in [6.07, 6.45) is 2.96. The van der Waals surface area contributed by atoms with Gasteiger partial charge in [-0.3, -0.25) is 4.68 Å². The molecule has 1 aromatic carbocycles. The summed E-state index contributed by atoms with van der Waals surface area (Å²) in [5.41, 5.74) is 4.51. The van der Waals surface area contributed by atoms with Gasteiger partial charge in [-0.05, 0) is 67.0 Å². The molecule has 0 aliphatic heterocycles. The lowest BCUT2D eigenvalue weighted by Gasteiger charge is -2.13. The minimum Gasteiger partial charge on any atom is -0.362 e. The first-order valence-electron chi connectivity index (χ1n) is 7.27. The average Bonchev–Trinajstić information content (AvgIpc) is 2.77. The highest BCUT2D eigenvalue weighted by Gasteiger charge is 2.03. The predicted octanol–water partition coefficient (Wildman–Crippen LogP) is 3.95. The van der Waals surface area contributed by atoms with Gasteiger partial charge in [-0.25, -0.2) is 0 Å². The Hall–Kier alpha value is -1.40. The summed E-state index contributed by atoms with van der Waals surface area (Å²) < 4.78 is 2.99. The van der Waals surface area contributed by atoms with Crippen LogP contribution in [-0.2, 0) is 6.54 Å².